The summed E-state index contributed by atoms with van der Waals surface area (Å²) in [5, 5.41) is 10.5. The fraction of sp³-hybridized carbons (Fsp3) is 0.211. The molecule has 0 amide bonds. The zero-order chi connectivity index (χ0) is 20.3. The lowest BCUT2D eigenvalue weighted by molar-refractivity contribution is -0.137. The number of hydrogen-bond acceptors (Lipinski definition) is 3. The average Bonchev–Trinajstić information content (AvgIpc) is 3.04. The Morgan fingerprint density at radius 2 is 1.89 bits per heavy atom. The van der Waals surface area contributed by atoms with Crippen molar-refractivity contribution >= 4 is 29.0 Å². The van der Waals surface area contributed by atoms with Crippen LogP contribution in [-0.2, 0) is 12.7 Å². The van der Waals surface area contributed by atoms with Crippen LogP contribution in [0.3, 0.4) is 0 Å². The first-order valence-corrected chi connectivity index (χ1v) is 8.82. The number of halogens is 3. The third kappa shape index (κ3) is 5.07. The van der Waals surface area contributed by atoms with Crippen molar-refractivity contribution in [2.45, 2.75) is 26.6 Å². The van der Waals surface area contributed by atoms with Crippen molar-refractivity contribution in [2.24, 2.45) is 0 Å². The van der Waals surface area contributed by atoms with Crippen LogP contribution in [0.2, 0.25) is 0 Å². The zero-order valence-corrected chi connectivity index (χ0v) is 16.0. The molecule has 2 N–H and O–H groups in total. The molecule has 0 saturated heterocycles. The summed E-state index contributed by atoms with van der Waals surface area (Å²) in [6.07, 6.45) is -2.94. The summed E-state index contributed by atoms with van der Waals surface area (Å²) < 4.78 is 39.9. The normalized spacial score (nSPS) is 11.3. The van der Waals surface area contributed by atoms with E-state index in [0.29, 0.717) is 10.7 Å². The summed E-state index contributed by atoms with van der Waals surface area (Å²) in [5.41, 5.74) is 2.79. The molecule has 28 heavy (non-hydrogen) atoms. The van der Waals surface area contributed by atoms with Gasteiger partial charge in [0.1, 0.15) is 6.33 Å². The highest BCUT2D eigenvalue weighted by molar-refractivity contribution is 7.80. The van der Waals surface area contributed by atoms with Crippen LogP contribution in [0.4, 0.5) is 24.8 Å². The third-order valence-corrected chi connectivity index (χ3v) is 4.21. The zero-order valence-electron chi connectivity index (χ0n) is 15.2. The number of rotatable bonds is 4. The van der Waals surface area contributed by atoms with Gasteiger partial charge in [0.25, 0.3) is 0 Å². The van der Waals surface area contributed by atoms with E-state index in [4.69, 9.17) is 12.2 Å². The van der Waals surface area contributed by atoms with Gasteiger partial charge in [-0.2, -0.15) is 13.2 Å². The molecule has 1 heterocycles. The smallest absolute Gasteiger partial charge is 0.332 e. The van der Waals surface area contributed by atoms with Gasteiger partial charge >= 0.3 is 6.18 Å². The lowest BCUT2D eigenvalue weighted by Crippen LogP contribution is -2.20. The first kappa shape index (κ1) is 19.8. The number of benzene rings is 2. The molecule has 0 atom stereocenters. The van der Waals surface area contributed by atoms with Crippen molar-refractivity contribution in [3.8, 4) is 0 Å². The van der Waals surface area contributed by atoms with Crippen LogP contribution in [-0.4, -0.2) is 19.9 Å². The van der Waals surface area contributed by atoms with Crippen molar-refractivity contribution in [3.63, 3.8) is 0 Å². The van der Waals surface area contributed by atoms with Crippen LogP contribution in [0.5, 0.6) is 0 Å². The van der Waals surface area contributed by atoms with Gasteiger partial charge in [0, 0.05) is 5.69 Å². The maximum absolute atomic E-state index is 12.8. The molecule has 1 aromatic heterocycles. The van der Waals surface area contributed by atoms with Crippen LogP contribution in [0.15, 0.2) is 48.8 Å². The largest absolute Gasteiger partial charge is 0.416 e. The van der Waals surface area contributed by atoms with Crippen molar-refractivity contribution in [1.82, 2.24) is 14.8 Å². The minimum absolute atomic E-state index is 0.162. The summed E-state index contributed by atoms with van der Waals surface area (Å²) in [7, 11) is 0. The molecule has 146 valence electrons. The number of hydrogen-bond donors (Lipinski definition) is 2. The highest BCUT2D eigenvalue weighted by Crippen LogP contribution is 2.29. The van der Waals surface area contributed by atoms with Gasteiger partial charge < -0.3 is 5.32 Å². The summed E-state index contributed by atoms with van der Waals surface area (Å²) in [5.74, 6) is 0.259. The van der Waals surface area contributed by atoms with Gasteiger partial charge in [-0.3, -0.25) is 5.32 Å². The molecule has 0 aliphatic carbocycles. The van der Waals surface area contributed by atoms with Crippen LogP contribution < -0.4 is 10.6 Å². The lowest BCUT2D eigenvalue weighted by Gasteiger charge is -2.11. The van der Waals surface area contributed by atoms with E-state index in [2.05, 4.69) is 20.7 Å². The highest BCUT2D eigenvalue weighted by Gasteiger charge is 2.30. The molecule has 0 fully saturated rings. The predicted octanol–water partition coefficient (Wildman–Crippen LogP) is 4.77. The number of anilines is 2. The number of aromatic nitrogens is 3. The fourth-order valence-electron chi connectivity index (χ4n) is 2.59. The van der Waals surface area contributed by atoms with Gasteiger partial charge in [0.05, 0.1) is 12.1 Å². The molecule has 3 rings (SSSR count). The topological polar surface area (TPSA) is 54.8 Å². The Morgan fingerprint density at radius 3 is 2.64 bits per heavy atom. The Morgan fingerprint density at radius 1 is 1.11 bits per heavy atom. The Bertz CT molecular complexity index is 997. The first-order chi connectivity index (χ1) is 13.2. The van der Waals surface area contributed by atoms with Crippen LogP contribution >= 0.6 is 12.2 Å². The molecule has 0 radical (unpaired) electrons. The Balaban J connectivity index is 1.64. The van der Waals surface area contributed by atoms with Gasteiger partial charge in [0.15, 0.2) is 5.11 Å². The lowest BCUT2D eigenvalue weighted by atomic mass is 10.1. The van der Waals surface area contributed by atoms with E-state index in [9.17, 15) is 13.2 Å². The monoisotopic (exact) mass is 405 g/mol. The second-order valence-corrected chi connectivity index (χ2v) is 6.77. The third-order valence-electron chi connectivity index (χ3n) is 4.00. The van der Waals surface area contributed by atoms with Gasteiger partial charge in [-0.05, 0) is 61.0 Å². The minimum atomic E-state index is -4.38. The van der Waals surface area contributed by atoms with E-state index < -0.39 is 11.7 Å². The SMILES string of the molecule is Cc1ccc(C)c(NC(=S)Nc2ncn(Cc3cccc(C(F)(F)F)c3)n2)c1. The highest BCUT2D eigenvalue weighted by atomic mass is 32.1. The van der Waals surface area contributed by atoms with E-state index in [1.807, 2.05) is 32.0 Å². The van der Waals surface area contributed by atoms with Crippen LogP contribution in [0.1, 0.15) is 22.3 Å². The molecule has 0 saturated carbocycles. The van der Waals surface area contributed by atoms with Crippen molar-refractivity contribution < 1.29 is 13.2 Å². The van der Waals surface area contributed by atoms with Crippen molar-refractivity contribution in [1.29, 1.82) is 0 Å². The maximum Gasteiger partial charge on any atom is 0.416 e. The molecule has 0 spiro atoms. The fourth-order valence-corrected chi connectivity index (χ4v) is 2.79. The van der Waals surface area contributed by atoms with Crippen LogP contribution in [0, 0.1) is 13.8 Å². The van der Waals surface area contributed by atoms with E-state index >= 15 is 0 Å². The number of aryl methyl sites for hydroxylation is 2. The molecular formula is C19H18F3N5S. The molecule has 2 aromatic carbocycles. The maximum atomic E-state index is 12.8. The second kappa shape index (κ2) is 7.97. The first-order valence-electron chi connectivity index (χ1n) is 8.41. The predicted molar refractivity (Wildman–Crippen MR) is 106 cm³/mol. The molecule has 9 heteroatoms. The van der Waals surface area contributed by atoms with E-state index in [1.165, 1.54) is 17.1 Å². The van der Waals surface area contributed by atoms with E-state index in [1.54, 1.807) is 6.07 Å². The Kier molecular flexibility index (Phi) is 5.64. The average molecular weight is 405 g/mol. The summed E-state index contributed by atoms with van der Waals surface area (Å²) in [6, 6.07) is 11.1. The van der Waals surface area contributed by atoms with E-state index in [-0.39, 0.29) is 12.5 Å². The number of alkyl halides is 3. The summed E-state index contributed by atoms with van der Waals surface area (Å²) >= 11 is 5.28. The number of nitrogens with one attached hydrogen (secondary N) is 2. The summed E-state index contributed by atoms with van der Waals surface area (Å²) in [4.78, 5) is 4.10. The molecule has 0 unspecified atom stereocenters. The van der Waals surface area contributed by atoms with Gasteiger partial charge in [0.2, 0.25) is 5.95 Å². The van der Waals surface area contributed by atoms with E-state index in [0.717, 1.165) is 28.9 Å². The molecule has 0 bridgehead atoms. The molecule has 5 nitrogen and oxygen atoms in total. The molecule has 0 aliphatic rings. The number of nitrogens with zero attached hydrogens (tertiary/aromatic N) is 3. The van der Waals surface area contributed by atoms with Crippen molar-refractivity contribution in [2.75, 3.05) is 10.6 Å². The standard InChI is InChI=1S/C19H18F3N5S/c1-12-6-7-13(2)16(8-12)24-18(28)25-17-23-11-27(26-17)10-14-4-3-5-15(9-14)19(20,21)22/h3-9,11H,10H2,1-2H3,(H2,24,25,26,28). The Hall–Kier alpha value is -2.94. The number of thiocarbonyl (C=S) groups is 1. The quantitative estimate of drug-likeness (QED) is 0.613. The Labute approximate surface area is 165 Å². The second-order valence-electron chi connectivity index (χ2n) is 6.36. The van der Waals surface area contributed by atoms with Gasteiger partial charge in [-0.1, -0.05) is 24.3 Å². The minimum Gasteiger partial charge on any atom is -0.332 e. The molecular weight excluding hydrogens is 387 g/mol. The molecule has 0 aliphatic heterocycles. The van der Waals surface area contributed by atoms with Gasteiger partial charge in [-0.15, -0.1) is 5.10 Å². The molecule has 3 aromatic rings. The van der Waals surface area contributed by atoms with Gasteiger partial charge in [-0.25, -0.2) is 9.67 Å². The van der Waals surface area contributed by atoms with Crippen molar-refractivity contribution in [3.05, 3.63) is 71.0 Å². The summed E-state index contributed by atoms with van der Waals surface area (Å²) in [6.45, 7) is 4.11. The van der Waals surface area contributed by atoms with Crippen LogP contribution in [0.25, 0.3) is 0 Å².